The highest BCUT2D eigenvalue weighted by molar-refractivity contribution is 5.76. The van der Waals surface area contributed by atoms with Crippen LogP contribution in [-0.2, 0) is 20.7 Å². The van der Waals surface area contributed by atoms with Crippen LogP contribution in [0, 0.1) is 0 Å². The van der Waals surface area contributed by atoms with Gasteiger partial charge in [-0.25, -0.2) is 0 Å². The van der Waals surface area contributed by atoms with Crippen molar-refractivity contribution in [1.29, 1.82) is 0 Å². The topological polar surface area (TPSA) is 93.9 Å². The highest BCUT2D eigenvalue weighted by atomic mass is 16.7. The predicted molar refractivity (Wildman–Crippen MR) is 110 cm³/mol. The van der Waals surface area contributed by atoms with Crippen molar-refractivity contribution < 1.29 is 14.3 Å². The van der Waals surface area contributed by atoms with Gasteiger partial charge in [-0.3, -0.25) is 4.79 Å². The van der Waals surface area contributed by atoms with E-state index < -0.39 is 5.79 Å². The molecule has 1 N–H and O–H groups in total. The lowest BCUT2D eigenvalue weighted by atomic mass is 9.95. The molecule has 30 heavy (non-hydrogen) atoms. The van der Waals surface area contributed by atoms with Gasteiger partial charge in [-0.1, -0.05) is 19.3 Å². The number of carbonyl (C=O) groups excluding carboxylic acids is 1. The Balaban J connectivity index is 1.21. The van der Waals surface area contributed by atoms with Crippen LogP contribution < -0.4 is 10.2 Å². The maximum atomic E-state index is 12.4. The normalized spacial score (nSPS) is 22.1. The van der Waals surface area contributed by atoms with Crippen molar-refractivity contribution in [2.75, 3.05) is 31.2 Å². The number of nitrogens with zero attached hydrogens (tertiary/aromatic N) is 5. The summed E-state index contributed by atoms with van der Waals surface area (Å²) in [6.45, 7) is 3.03. The molecular weight excluding hydrogens is 384 g/mol. The Hall–Kier alpha value is -2.26. The molecule has 9 heteroatoms. The first-order valence-electron chi connectivity index (χ1n) is 11.2. The SMILES string of the molecule is O=C(CCc1nnc2ccc(N3CCC4(CC3)OCCO4)nn12)NC1CCCCC1. The van der Waals surface area contributed by atoms with Crippen LogP contribution in [0.3, 0.4) is 0 Å². The number of carbonyl (C=O) groups is 1. The number of nitrogens with one attached hydrogen (secondary N) is 1. The van der Waals surface area contributed by atoms with E-state index in [1.165, 1.54) is 19.3 Å². The Labute approximate surface area is 176 Å². The van der Waals surface area contributed by atoms with Crippen molar-refractivity contribution in [3.8, 4) is 0 Å². The molecule has 0 bridgehead atoms. The smallest absolute Gasteiger partial charge is 0.220 e. The van der Waals surface area contributed by atoms with Crippen molar-refractivity contribution >= 4 is 17.4 Å². The fraction of sp³-hybridized carbons (Fsp3) is 0.714. The first-order chi connectivity index (χ1) is 14.7. The molecule has 2 aromatic rings. The van der Waals surface area contributed by atoms with Crippen molar-refractivity contribution in [2.24, 2.45) is 0 Å². The molecule has 1 saturated carbocycles. The van der Waals surface area contributed by atoms with Crippen molar-refractivity contribution in [3.05, 3.63) is 18.0 Å². The molecule has 9 nitrogen and oxygen atoms in total. The summed E-state index contributed by atoms with van der Waals surface area (Å²) >= 11 is 0. The van der Waals surface area contributed by atoms with Crippen molar-refractivity contribution in [3.63, 3.8) is 0 Å². The first kappa shape index (κ1) is 19.7. The standard InChI is InChI=1S/C21H30N6O3/c28-20(22-16-4-2-1-3-5-16)9-8-18-24-23-17-6-7-19(25-27(17)18)26-12-10-21(11-13-26)29-14-15-30-21/h6-7,16H,1-5,8-15H2,(H,22,28). The molecule has 1 amide bonds. The molecule has 5 rings (SSSR count). The minimum atomic E-state index is -0.395. The van der Waals surface area contributed by atoms with Crippen LogP contribution in [0.25, 0.3) is 5.65 Å². The lowest BCUT2D eigenvalue weighted by Crippen LogP contribution is -2.45. The number of hydrogen-bond acceptors (Lipinski definition) is 7. The highest BCUT2D eigenvalue weighted by Gasteiger charge is 2.40. The maximum Gasteiger partial charge on any atom is 0.220 e. The maximum absolute atomic E-state index is 12.4. The highest BCUT2D eigenvalue weighted by Crippen LogP contribution is 2.32. The second-order valence-electron chi connectivity index (χ2n) is 8.57. The molecular formula is C21H30N6O3. The summed E-state index contributed by atoms with van der Waals surface area (Å²) in [5, 5.41) is 16.4. The Kier molecular flexibility index (Phi) is 5.56. The molecule has 3 fully saturated rings. The number of fused-ring (bicyclic) bond motifs is 1. The van der Waals surface area contributed by atoms with E-state index in [0.717, 1.165) is 50.4 Å². The predicted octanol–water partition coefficient (Wildman–Crippen LogP) is 1.85. The van der Waals surface area contributed by atoms with Gasteiger partial charge in [0.05, 0.1) is 13.2 Å². The van der Waals surface area contributed by atoms with Gasteiger partial charge >= 0.3 is 0 Å². The summed E-state index contributed by atoms with van der Waals surface area (Å²) < 4.78 is 13.4. The van der Waals surface area contributed by atoms with Gasteiger partial charge in [0.2, 0.25) is 5.91 Å². The van der Waals surface area contributed by atoms with Crippen LogP contribution in [-0.4, -0.2) is 63.9 Å². The molecule has 162 valence electrons. The van der Waals surface area contributed by atoms with Crippen molar-refractivity contribution in [2.45, 2.75) is 69.6 Å². The van der Waals surface area contributed by atoms with E-state index in [0.29, 0.717) is 37.7 Å². The summed E-state index contributed by atoms with van der Waals surface area (Å²) in [4.78, 5) is 14.6. The van der Waals surface area contributed by atoms with Gasteiger partial charge in [-0.15, -0.1) is 15.3 Å². The third kappa shape index (κ3) is 4.13. The molecule has 2 aliphatic heterocycles. The zero-order chi connectivity index (χ0) is 20.4. The van der Waals surface area contributed by atoms with Crippen molar-refractivity contribution in [1.82, 2.24) is 25.1 Å². The Morgan fingerprint density at radius 2 is 1.87 bits per heavy atom. The molecule has 4 heterocycles. The lowest BCUT2D eigenvalue weighted by molar-refractivity contribution is -0.169. The number of ether oxygens (including phenoxy) is 2. The van der Waals surface area contributed by atoms with E-state index >= 15 is 0 Å². The van der Waals surface area contributed by atoms with Gasteiger partial charge in [-0.2, -0.15) is 4.52 Å². The van der Waals surface area contributed by atoms with E-state index in [1.54, 1.807) is 4.52 Å². The third-order valence-corrected chi connectivity index (χ3v) is 6.52. The third-order valence-electron chi connectivity index (χ3n) is 6.52. The largest absolute Gasteiger partial charge is 0.355 e. The fourth-order valence-corrected chi connectivity index (χ4v) is 4.78. The van der Waals surface area contributed by atoms with Crippen LogP contribution in [0.15, 0.2) is 12.1 Å². The van der Waals surface area contributed by atoms with Crippen LogP contribution >= 0.6 is 0 Å². The van der Waals surface area contributed by atoms with E-state index in [1.807, 2.05) is 12.1 Å². The molecule has 3 aliphatic rings. The number of anilines is 1. The van der Waals surface area contributed by atoms with Crippen LogP contribution in [0.5, 0.6) is 0 Å². The minimum absolute atomic E-state index is 0.0905. The van der Waals surface area contributed by atoms with Crippen LogP contribution in [0.2, 0.25) is 0 Å². The van der Waals surface area contributed by atoms with Gasteiger partial charge < -0.3 is 19.7 Å². The monoisotopic (exact) mass is 414 g/mol. The molecule has 0 unspecified atom stereocenters. The summed E-state index contributed by atoms with van der Waals surface area (Å²) in [6, 6.07) is 4.26. The molecule has 0 atom stereocenters. The average molecular weight is 415 g/mol. The lowest BCUT2D eigenvalue weighted by Gasteiger charge is -2.38. The van der Waals surface area contributed by atoms with Gasteiger partial charge in [0.1, 0.15) is 5.82 Å². The van der Waals surface area contributed by atoms with E-state index in [2.05, 4.69) is 20.4 Å². The second-order valence-corrected chi connectivity index (χ2v) is 8.57. The molecule has 0 aromatic carbocycles. The van der Waals surface area contributed by atoms with Gasteiger partial charge in [-0.05, 0) is 25.0 Å². The Morgan fingerprint density at radius 3 is 2.63 bits per heavy atom. The summed E-state index contributed by atoms with van der Waals surface area (Å²) in [7, 11) is 0. The van der Waals surface area contributed by atoms with E-state index in [9.17, 15) is 4.79 Å². The van der Waals surface area contributed by atoms with Crippen LogP contribution in [0.1, 0.15) is 57.2 Å². The number of aromatic nitrogens is 4. The molecule has 1 aliphatic carbocycles. The summed E-state index contributed by atoms with van der Waals surface area (Å²) in [5.74, 6) is 1.31. The first-order valence-corrected chi connectivity index (χ1v) is 11.2. The van der Waals surface area contributed by atoms with E-state index in [4.69, 9.17) is 14.6 Å². The minimum Gasteiger partial charge on any atom is -0.355 e. The van der Waals surface area contributed by atoms with E-state index in [-0.39, 0.29) is 5.91 Å². The Morgan fingerprint density at radius 1 is 1.10 bits per heavy atom. The zero-order valence-electron chi connectivity index (χ0n) is 17.4. The second kappa shape index (κ2) is 8.47. The summed E-state index contributed by atoms with van der Waals surface area (Å²) in [5.41, 5.74) is 0.706. The van der Waals surface area contributed by atoms with Gasteiger partial charge in [0.25, 0.3) is 0 Å². The Bertz CT molecular complexity index is 878. The van der Waals surface area contributed by atoms with Gasteiger partial charge in [0.15, 0.2) is 17.3 Å². The van der Waals surface area contributed by atoms with Gasteiger partial charge in [0, 0.05) is 44.8 Å². The molecule has 2 saturated heterocycles. The molecule has 0 radical (unpaired) electrons. The quantitative estimate of drug-likeness (QED) is 0.798. The fourth-order valence-electron chi connectivity index (χ4n) is 4.78. The number of hydrogen-bond donors (Lipinski definition) is 1. The number of amides is 1. The molecule has 1 spiro atoms. The average Bonchev–Trinajstić information content (AvgIpc) is 3.40. The zero-order valence-corrected chi connectivity index (χ0v) is 17.4. The number of piperidine rings is 1. The number of rotatable bonds is 5. The summed E-state index contributed by atoms with van der Waals surface area (Å²) in [6.07, 6.45) is 8.50. The van der Waals surface area contributed by atoms with Crippen LogP contribution in [0.4, 0.5) is 5.82 Å². The molecule has 2 aromatic heterocycles. The number of aryl methyl sites for hydroxylation is 1.